The third-order valence-corrected chi connectivity index (χ3v) is 12.9. The highest BCUT2D eigenvalue weighted by Gasteiger charge is 2.29. The van der Waals surface area contributed by atoms with E-state index in [0.717, 1.165) is 66.0 Å². The topological polar surface area (TPSA) is 61.7 Å². The van der Waals surface area contributed by atoms with Gasteiger partial charge >= 0.3 is 0 Å². The zero-order valence-electron chi connectivity index (χ0n) is 33.7. The molecule has 9 aromatic carbocycles. The second kappa shape index (κ2) is 12.9. The van der Waals surface area contributed by atoms with E-state index in [9.17, 15) is 0 Å². The quantitative estimate of drug-likeness (QED) is 0.178. The van der Waals surface area contributed by atoms with Crippen LogP contribution in [0.2, 0.25) is 0 Å². The van der Waals surface area contributed by atoms with Crippen molar-refractivity contribution in [2.45, 2.75) is 0 Å². The van der Waals surface area contributed by atoms with Crippen LogP contribution in [0.3, 0.4) is 0 Å². The molecule has 1 aliphatic heterocycles. The first-order valence-electron chi connectivity index (χ1n) is 21.3. The van der Waals surface area contributed by atoms with Crippen LogP contribution in [0, 0.1) is 0 Å². The van der Waals surface area contributed by atoms with Gasteiger partial charge in [-0.3, -0.25) is 4.57 Å². The van der Waals surface area contributed by atoms with Crippen LogP contribution < -0.4 is 0 Å². The van der Waals surface area contributed by atoms with E-state index in [4.69, 9.17) is 19.4 Å². The van der Waals surface area contributed by atoms with Crippen molar-refractivity contribution in [2.24, 2.45) is 0 Å². The van der Waals surface area contributed by atoms with Crippen molar-refractivity contribution < 1.29 is 4.42 Å². The van der Waals surface area contributed by atoms with E-state index < -0.39 is 0 Å². The van der Waals surface area contributed by atoms with Gasteiger partial charge in [-0.2, -0.15) is 9.97 Å². The lowest BCUT2D eigenvalue weighted by Gasteiger charge is -2.13. The molecule has 0 aliphatic carbocycles. The van der Waals surface area contributed by atoms with E-state index in [0.29, 0.717) is 17.6 Å². The molecule has 1 aliphatic rings. The Hall–Kier alpha value is -8.61. The number of rotatable bonds is 4. The lowest BCUT2D eigenvalue weighted by atomic mass is 9.91. The van der Waals surface area contributed by atoms with Gasteiger partial charge in [0.1, 0.15) is 11.2 Å². The van der Waals surface area contributed by atoms with E-state index >= 15 is 0 Å². The fraction of sp³-hybridized carbons (Fsp3) is 0. The number of furan rings is 1. The molecule has 0 unspecified atom stereocenters. The van der Waals surface area contributed by atoms with Crippen LogP contribution in [0.15, 0.2) is 205 Å². The Balaban J connectivity index is 1.12. The van der Waals surface area contributed by atoms with E-state index in [1.807, 2.05) is 36.4 Å². The molecule has 0 spiro atoms. The maximum atomic E-state index is 6.40. The van der Waals surface area contributed by atoms with Crippen molar-refractivity contribution in [1.29, 1.82) is 0 Å². The van der Waals surface area contributed by atoms with Crippen LogP contribution in [0.1, 0.15) is 0 Å². The second-order valence-electron chi connectivity index (χ2n) is 16.3. The van der Waals surface area contributed by atoms with Gasteiger partial charge in [-0.05, 0) is 58.7 Å². The van der Waals surface area contributed by atoms with Gasteiger partial charge in [-0.25, -0.2) is 4.98 Å². The summed E-state index contributed by atoms with van der Waals surface area (Å²) in [6.07, 6.45) is 0. The van der Waals surface area contributed by atoms with Crippen LogP contribution in [0.4, 0.5) is 0 Å². The number of benzene rings is 9. The Kier molecular flexibility index (Phi) is 7.02. The first-order chi connectivity index (χ1) is 31.3. The van der Waals surface area contributed by atoms with Gasteiger partial charge in [0.2, 0.25) is 5.95 Å². The Morgan fingerprint density at radius 3 is 1.79 bits per heavy atom. The molecule has 4 aromatic heterocycles. The first-order valence-corrected chi connectivity index (χ1v) is 21.3. The summed E-state index contributed by atoms with van der Waals surface area (Å²) in [6, 6.07) is 70.8. The van der Waals surface area contributed by atoms with Crippen molar-refractivity contribution in [3.63, 3.8) is 0 Å². The van der Waals surface area contributed by atoms with Gasteiger partial charge in [-0.1, -0.05) is 164 Å². The maximum absolute atomic E-state index is 6.40. The molecule has 13 aromatic rings. The molecule has 0 radical (unpaired) electrons. The number of aromatic nitrogens is 5. The molecule has 5 heterocycles. The van der Waals surface area contributed by atoms with E-state index in [-0.39, 0.29) is 0 Å². The summed E-state index contributed by atoms with van der Waals surface area (Å²) in [6.45, 7) is 0. The van der Waals surface area contributed by atoms with Gasteiger partial charge in [0.25, 0.3) is 0 Å². The van der Waals surface area contributed by atoms with E-state index in [2.05, 4.69) is 173 Å². The molecule has 6 heteroatoms. The Morgan fingerprint density at radius 2 is 0.952 bits per heavy atom. The Morgan fingerprint density at radius 1 is 0.349 bits per heavy atom. The first kappa shape index (κ1) is 34.1. The van der Waals surface area contributed by atoms with Crippen molar-refractivity contribution >= 4 is 65.6 Å². The van der Waals surface area contributed by atoms with Crippen molar-refractivity contribution in [2.75, 3.05) is 0 Å². The van der Waals surface area contributed by atoms with Gasteiger partial charge < -0.3 is 8.98 Å². The molecule has 0 bridgehead atoms. The van der Waals surface area contributed by atoms with Gasteiger partial charge in [-0.15, -0.1) is 0 Å². The maximum Gasteiger partial charge on any atom is 0.238 e. The summed E-state index contributed by atoms with van der Waals surface area (Å²) in [5, 5.41) is 6.63. The predicted molar refractivity (Wildman–Crippen MR) is 257 cm³/mol. The normalized spacial score (nSPS) is 12.1. The van der Waals surface area contributed by atoms with E-state index in [1.54, 1.807) is 0 Å². The average Bonchev–Trinajstić information content (AvgIpc) is 3.98. The highest BCUT2D eigenvalue weighted by atomic mass is 16.3. The molecule has 292 valence electrons. The zero-order chi connectivity index (χ0) is 41.2. The number of fused-ring (bicyclic) bond motifs is 15. The Bertz CT molecular complexity index is 4020. The fourth-order valence-electron chi connectivity index (χ4n) is 10.2. The van der Waals surface area contributed by atoms with E-state index in [1.165, 1.54) is 49.7 Å². The lowest BCUT2D eigenvalue weighted by molar-refractivity contribution is 0.669. The molecule has 63 heavy (non-hydrogen) atoms. The number of hydrogen-bond donors (Lipinski definition) is 0. The Labute approximate surface area is 360 Å². The molecule has 0 saturated carbocycles. The van der Waals surface area contributed by atoms with Crippen LogP contribution in [-0.4, -0.2) is 24.1 Å². The summed E-state index contributed by atoms with van der Waals surface area (Å²) in [7, 11) is 0. The molecule has 0 N–H and O–H groups in total. The second-order valence-corrected chi connectivity index (χ2v) is 16.3. The summed E-state index contributed by atoms with van der Waals surface area (Å²) < 4.78 is 11.1. The SMILES string of the molecule is c1ccc(-c2ccc(-c3nc(-c4cccc5oc6ccccc6c45)nc(-n4c5ccccc5c5c6c7c(cc54)c4ccccc4n7-c4ccccc4-c4ccccc4-6)n3)cc2)cc1. The summed E-state index contributed by atoms with van der Waals surface area (Å²) in [5.41, 5.74) is 16.0. The third kappa shape index (κ3) is 4.86. The van der Waals surface area contributed by atoms with Gasteiger partial charge in [0.15, 0.2) is 11.6 Å². The average molecular weight is 804 g/mol. The minimum absolute atomic E-state index is 0.540. The van der Waals surface area contributed by atoms with Crippen LogP contribution in [0.5, 0.6) is 0 Å². The number of hydrogen-bond acceptors (Lipinski definition) is 4. The van der Waals surface area contributed by atoms with Gasteiger partial charge in [0, 0.05) is 54.6 Å². The van der Waals surface area contributed by atoms with Gasteiger partial charge in [0.05, 0.1) is 27.8 Å². The molecule has 0 atom stereocenters. The molecular weight excluding hydrogens is 771 g/mol. The number of para-hydroxylation sites is 4. The standard InChI is InChI=1S/C57H33N5O/c1-2-15-34(16-3-1)35-29-31-36(32-30-35)55-58-56(43-23-14-28-50-51(43)42-22-9-13-27-49(42)63-50)60-57(59-55)62-47-26-12-8-21-41(47)52-48(62)33-44-39-19-7-11-25-46(39)61-45-24-10-6-18-38(45)37-17-4-5-20-40(37)53(52)54(44)61/h1-33H. The van der Waals surface area contributed by atoms with Crippen molar-refractivity contribution in [3.8, 4) is 67.8 Å². The lowest BCUT2D eigenvalue weighted by Crippen LogP contribution is -2.06. The molecule has 0 saturated heterocycles. The summed E-state index contributed by atoms with van der Waals surface area (Å²) >= 11 is 0. The van der Waals surface area contributed by atoms with Crippen LogP contribution in [-0.2, 0) is 0 Å². The summed E-state index contributed by atoms with van der Waals surface area (Å²) in [5.74, 6) is 1.70. The smallest absolute Gasteiger partial charge is 0.238 e. The minimum Gasteiger partial charge on any atom is -0.456 e. The number of nitrogens with zero attached hydrogens (tertiary/aromatic N) is 5. The monoisotopic (exact) mass is 803 g/mol. The molecule has 0 amide bonds. The fourth-order valence-corrected chi connectivity index (χ4v) is 10.2. The predicted octanol–water partition coefficient (Wildman–Crippen LogP) is 14.6. The largest absolute Gasteiger partial charge is 0.456 e. The third-order valence-electron chi connectivity index (χ3n) is 12.9. The zero-order valence-corrected chi connectivity index (χ0v) is 33.7. The molecule has 6 nitrogen and oxygen atoms in total. The molecule has 0 fully saturated rings. The molecular formula is C57H33N5O. The van der Waals surface area contributed by atoms with Crippen LogP contribution >= 0.6 is 0 Å². The van der Waals surface area contributed by atoms with Crippen molar-refractivity contribution in [3.05, 3.63) is 200 Å². The van der Waals surface area contributed by atoms with Crippen LogP contribution in [0.25, 0.3) is 133 Å². The summed E-state index contributed by atoms with van der Waals surface area (Å²) in [4.78, 5) is 16.2. The highest BCUT2D eigenvalue weighted by Crippen LogP contribution is 2.51. The highest BCUT2D eigenvalue weighted by molar-refractivity contribution is 6.28. The minimum atomic E-state index is 0.540. The molecule has 14 rings (SSSR count). The van der Waals surface area contributed by atoms with Crippen molar-refractivity contribution in [1.82, 2.24) is 24.1 Å².